The Kier molecular flexibility index (Phi) is 7.66. The molecule has 1 aliphatic heterocycles. The highest BCUT2D eigenvalue weighted by atomic mass is 79.9. The summed E-state index contributed by atoms with van der Waals surface area (Å²) in [7, 11) is 0. The molecule has 0 spiro atoms. The molecule has 1 aliphatic rings. The van der Waals surface area contributed by atoms with Crippen molar-refractivity contribution < 1.29 is 14.3 Å². The number of halogens is 1. The number of esters is 1. The molecule has 3 N–H and O–H groups in total. The fraction of sp³-hybridized carbons (Fsp3) is 0.474. The van der Waals surface area contributed by atoms with Crippen molar-refractivity contribution >= 4 is 27.9 Å². The molecule has 0 saturated carbocycles. The fourth-order valence-corrected chi connectivity index (χ4v) is 3.28. The molecule has 26 heavy (non-hydrogen) atoms. The van der Waals surface area contributed by atoms with Crippen molar-refractivity contribution in [3.05, 3.63) is 45.6 Å². The quantitative estimate of drug-likeness (QED) is 0.559. The van der Waals surface area contributed by atoms with Crippen LogP contribution in [0.5, 0.6) is 0 Å². The Labute approximate surface area is 162 Å². The molecule has 2 rings (SSSR count). The number of hydrogen-bond acceptors (Lipinski definition) is 4. The van der Waals surface area contributed by atoms with Gasteiger partial charge in [-0.15, -0.1) is 0 Å². The molecule has 0 unspecified atom stereocenters. The highest BCUT2D eigenvalue weighted by Crippen LogP contribution is 2.21. The lowest BCUT2D eigenvalue weighted by atomic mass is 9.99. The monoisotopic (exact) mass is 423 g/mol. The predicted octanol–water partition coefficient (Wildman–Crippen LogP) is 3.40. The van der Waals surface area contributed by atoms with Gasteiger partial charge in [0.15, 0.2) is 0 Å². The molecule has 0 radical (unpaired) electrons. The van der Waals surface area contributed by atoms with Crippen molar-refractivity contribution in [3.8, 4) is 0 Å². The van der Waals surface area contributed by atoms with Crippen molar-refractivity contribution in [3.63, 3.8) is 0 Å². The van der Waals surface area contributed by atoms with E-state index in [2.05, 4.69) is 50.9 Å². The molecule has 0 fully saturated rings. The maximum atomic E-state index is 12.4. The molecule has 7 heteroatoms. The van der Waals surface area contributed by atoms with Crippen molar-refractivity contribution in [1.82, 2.24) is 16.0 Å². The Morgan fingerprint density at radius 3 is 2.54 bits per heavy atom. The molecule has 2 amide bonds. The minimum absolute atomic E-state index is 0.117. The molecule has 0 aromatic heterocycles. The van der Waals surface area contributed by atoms with Gasteiger partial charge in [0.2, 0.25) is 0 Å². The molecule has 0 saturated heterocycles. The van der Waals surface area contributed by atoms with Crippen LogP contribution in [-0.2, 0) is 9.53 Å². The first-order valence-electron chi connectivity index (χ1n) is 8.96. The second-order valence-corrected chi connectivity index (χ2v) is 6.98. The van der Waals surface area contributed by atoms with Gasteiger partial charge < -0.3 is 20.7 Å². The van der Waals surface area contributed by atoms with Crippen molar-refractivity contribution in [1.29, 1.82) is 0 Å². The van der Waals surface area contributed by atoms with Crippen LogP contribution < -0.4 is 16.0 Å². The van der Waals surface area contributed by atoms with E-state index in [9.17, 15) is 9.59 Å². The normalized spacial score (nSPS) is 18.2. The highest BCUT2D eigenvalue weighted by molar-refractivity contribution is 9.10. The summed E-state index contributed by atoms with van der Waals surface area (Å²) >= 11 is 3.44. The minimum atomic E-state index is -0.389. The number of ether oxygens (including phenoxy) is 1. The average molecular weight is 424 g/mol. The molecule has 1 aromatic rings. The summed E-state index contributed by atoms with van der Waals surface area (Å²) in [4.78, 5) is 24.4. The Morgan fingerprint density at radius 1 is 1.27 bits per heavy atom. The molecule has 0 aliphatic carbocycles. The van der Waals surface area contributed by atoms with Gasteiger partial charge in [-0.3, -0.25) is 0 Å². The Hall–Kier alpha value is -1.86. The van der Waals surface area contributed by atoms with Crippen LogP contribution in [0.3, 0.4) is 0 Å². The Bertz CT molecular complexity index is 673. The second kappa shape index (κ2) is 9.73. The van der Waals surface area contributed by atoms with Crippen LogP contribution >= 0.6 is 15.9 Å². The summed E-state index contributed by atoms with van der Waals surface area (Å²) in [6.07, 6.45) is 1.50. The zero-order valence-corrected chi connectivity index (χ0v) is 17.0. The summed E-state index contributed by atoms with van der Waals surface area (Å²) in [5.74, 6) is -0.389. The first-order valence-corrected chi connectivity index (χ1v) is 9.75. The van der Waals surface area contributed by atoms with E-state index in [0.29, 0.717) is 30.8 Å². The van der Waals surface area contributed by atoms with E-state index >= 15 is 0 Å². The van der Waals surface area contributed by atoms with Gasteiger partial charge in [0.05, 0.1) is 18.2 Å². The van der Waals surface area contributed by atoms with Gasteiger partial charge >= 0.3 is 12.0 Å². The molecule has 1 heterocycles. The van der Waals surface area contributed by atoms with Crippen LogP contribution in [0, 0.1) is 0 Å². The van der Waals surface area contributed by atoms with Crippen LogP contribution in [0.25, 0.3) is 0 Å². The van der Waals surface area contributed by atoms with E-state index in [4.69, 9.17) is 4.74 Å². The minimum Gasteiger partial charge on any atom is -0.463 e. The van der Waals surface area contributed by atoms with Crippen LogP contribution in [0.4, 0.5) is 4.79 Å². The molecule has 6 nitrogen and oxygen atoms in total. The highest BCUT2D eigenvalue weighted by Gasteiger charge is 2.31. The van der Waals surface area contributed by atoms with E-state index in [1.54, 1.807) is 6.92 Å². The van der Waals surface area contributed by atoms with E-state index in [-0.39, 0.29) is 24.1 Å². The number of nitrogens with one attached hydrogen (secondary N) is 3. The van der Waals surface area contributed by atoms with Crippen LogP contribution in [0.15, 0.2) is 40.0 Å². The SMILES string of the molecule is CCOC(=O)C1=C(CN[C@@H](CC)c2ccc(Br)cc2)NC(=O)N[C@H]1CC. The first-order chi connectivity index (χ1) is 12.5. The van der Waals surface area contributed by atoms with Gasteiger partial charge in [-0.2, -0.15) is 0 Å². The van der Waals surface area contributed by atoms with Gasteiger partial charge in [-0.25, -0.2) is 9.59 Å². The number of amides is 2. The maximum Gasteiger partial charge on any atom is 0.337 e. The molecule has 1 aromatic carbocycles. The smallest absolute Gasteiger partial charge is 0.337 e. The number of carbonyl (C=O) groups is 2. The molecular formula is C19H26BrN3O3. The topological polar surface area (TPSA) is 79.5 Å². The summed E-state index contributed by atoms with van der Waals surface area (Å²) in [5.41, 5.74) is 2.23. The van der Waals surface area contributed by atoms with Crippen LogP contribution in [-0.4, -0.2) is 31.2 Å². The van der Waals surface area contributed by atoms with E-state index < -0.39 is 0 Å². The third-order valence-corrected chi connectivity index (χ3v) is 4.88. The standard InChI is InChI=1S/C19H26BrN3O3/c1-4-14(12-7-9-13(20)10-8-12)21-11-16-17(18(24)26-6-3)15(5-2)22-19(25)23-16/h7-10,14-15,21H,4-6,11H2,1-3H3,(H2,22,23,25)/t14-,15-/m0/s1. The number of urea groups is 1. The zero-order valence-electron chi connectivity index (χ0n) is 15.4. The molecule has 142 valence electrons. The zero-order chi connectivity index (χ0) is 19.1. The van der Waals surface area contributed by atoms with Gasteiger partial charge in [0, 0.05) is 22.8 Å². The van der Waals surface area contributed by atoms with Gasteiger partial charge in [0.25, 0.3) is 0 Å². The van der Waals surface area contributed by atoms with E-state index in [1.165, 1.54) is 0 Å². The van der Waals surface area contributed by atoms with Crippen molar-refractivity contribution in [2.75, 3.05) is 13.2 Å². The molecule has 0 bridgehead atoms. The predicted molar refractivity (Wildman–Crippen MR) is 105 cm³/mol. The number of rotatable bonds is 8. The Morgan fingerprint density at radius 2 is 1.96 bits per heavy atom. The van der Waals surface area contributed by atoms with E-state index in [1.807, 2.05) is 19.1 Å². The van der Waals surface area contributed by atoms with Gasteiger partial charge in [-0.05, 0) is 37.5 Å². The average Bonchev–Trinajstić information content (AvgIpc) is 2.63. The second-order valence-electron chi connectivity index (χ2n) is 6.07. The fourth-order valence-electron chi connectivity index (χ4n) is 3.02. The van der Waals surface area contributed by atoms with Crippen LogP contribution in [0.2, 0.25) is 0 Å². The molecular weight excluding hydrogens is 398 g/mol. The lowest BCUT2D eigenvalue weighted by Gasteiger charge is -2.29. The van der Waals surface area contributed by atoms with Gasteiger partial charge in [0.1, 0.15) is 0 Å². The maximum absolute atomic E-state index is 12.4. The first kappa shape index (κ1) is 20.5. The third kappa shape index (κ3) is 5.08. The number of benzene rings is 1. The lowest BCUT2D eigenvalue weighted by molar-refractivity contribution is -0.139. The van der Waals surface area contributed by atoms with E-state index in [0.717, 1.165) is 16.5 Å². The van der Waals surface area contributed by atoms with Gasteiger partial charge in [-0.1, -0.05) is 41.9 Å². The summed E-state index contributed by atoms with van der Waals surface area (Å²) in [5, 5.41) is 9.00. The van der Waals surface area contributed by atoms with Crippen molar-refractivity contribution in [2.24, 2.45) is 0 Å². The van der Waals surface area contributed by atoms with Crippen molar-refractivity contribution in [2.45, 2.75) is 45.7 Å². The number of hydrogen-bond donors (Lipinski definition) is 3. The number of carbonyl (C=O) groups excluding carboxylic acids is 2. The summed E-state index contributed by atoms with van der Waals surface area (Å²) < 4.78 is 6.22. The lowest BCUT2D eigenvalue weighted by Crippen LogP contribution is -2.52. The molecule has 2 atom stereocenters. The Balaban J connectivity index is 2.22. The van der Waals surface area contributed by atoms with Crippen LogP contribution in [0.1, 0.15) is 45.2 Å². The largest absolute Gasteiger partial charge is 0.463 e. The summed E-state index contributed by atoms with van der Waals surface area (Å²) in [6.45, 7) is 6.47. The summed E-state index contributed by atoms with van der Waals surface area (Å²) in [6, 6.07) is 7.60. The third-order valence-electron chi connectivity index (χ3n) is 4.35.